The minimum atomic E-state index is 0.196. The molecule has 0 aliphatic carbocycles. The Kier molecular flexibility index (Phi) is 4.20. The Morgan fingerprint density at radius 3 is 2.52 bits per heavy atom. The van der Waals surface area contributed by atoms with Crippen molar-refractivity contribution in [3.05, 3.63) is 63.4 Å². The van der Waals surface area contributed by atoms with Crippen molar-refractivity contribution in [2.24, 2.45) is 0 Å². The van der Waals surface area contributed by atoms with E-state index >= 15 is 0 Å². The topological polar surface area (TPSA) is 91.4 Å². The van der Waals surface area contributed by atoms with Crippen LogP contribution in [0, 0.1) is 11.3 Å². The number of benzene rings is 2. The number of aromatic amines is 1. The number of nitrogens with one attached hydrogen (secondary N) is 1. The Balaban J connectivity index is 1.98. The molecular weight excluding hydrogens is 333 g/mol. The van der Waals surface area contributed by atoms with Crippen LogP contribution in [0.15, 0.2) is 36.4 Å². The average Bonchev–Trinajstić information content (AvgIpc) is 2.92. The van der Waals surface area contributed by atoms with Gasteiger partial charge >= 0.3 is 0 Å². The second-order valence-electron chi connectivity index (χ2n) is 4.94. The first-order valence-electron chi connectivity index (χ1n) is 6.72. The van der Waals surface area contributed by atoms with Crippen LogP contribution in [-0.2, 0) is 6.42 Å². The number of rotatable bonds is 3. The highest BCUT2D eigenvalue weighted by Gasteiger charge is 2.12. The van der Waals surface area contributed by atoms with Crippen molar-refractivity contribution >= 4 is 29.2 Å². The summed E-state index contributed by atoms with van der Waals surface area (Å²) in [4.78, 5) is 4.06. The molecule has 3 aromatic rings. The van der Waals surface area contributed by atoms with Gasteiger partial charge in [0.15, 0.2) is 0 Å². The molecule has 0 bridgehead atoms. The van der Waals surface area contributed by atoms with Gasteiger partial charge in [-0.2, -0.15) is 10.2 Å². The van der Waals surface area contributed by atoms with E-state index in [9.17, 15) is 0 Å². The molecule has 0 fully saturated rings. The van der Waals surface area contributed by atoms with Crippen molar-refractivity contribution in [3.8, 4) is 17.2 Å². The Morgan fingerprint density at radius 2 is 1.91 bits per heavy atom. The lowest BCUT2D eigenvalue weighted by atomic mass is 10.0. The Morgan fingerprint density at radius 1 is 1.17 bits per heavy atom. The van der Waals surface area contributed by atoms with Crippen molar-refractivity contribution in [3.63, 3.8) is 0 Å². The predicted octanol–water partition coefficient (Wildman–Crippen LogP) is 3.82. The smallest absolute Gasteiger partial charge is 0.239 e. The van der Waals surface area contributed by atoms with Crippen LogP contribution in [0.5, 0.6) is 0 Å². The highest BCUT2D eigenvalue weighted by Crippen LogP contribution is 2.36. The summed E-state index contributed by atoms with van der Waals surface area (Å²) < 4.78 is 0. The van der Waals surface area contributed by atoms with Gasteiger partial charge < -0.3 is 5.73 Å². The zero-order chi connectivity index (χ0) is 16.4. The minimum Gasteiger partial charge on any atom is -0.367 e. The van der Waals surface area contributed by atoms with Crippen LogP contribution in [0.3, 0.4) is 0 Å². The standard InChI is InChI=1S/C16H11Cl2N5/c17-12-5-10(7-14-21-16(20)23-22-14)6-13(18)15(12)11-3-1-2-9(4-11)8-19/h1-6H,7H2,(H3,20,21,22,23). The van der Waals surface area contributed by atoms with Gasteiger partial charge in [-0.15, -0.1) is 5.10 Å². The first-order chi connectivity index (χ1) is 11.1. The molecule has 3 rings (SSSR count). The molecule has 0 radical (unpaired) electrons. The van der Waals surface area contributed by atoms with Gasteiger partial charge in [0.05, 0.1) is 21.7 Å². The summed E-state index contributed by atoms with van der Waals surface area (Å²) in [5, 5.41) is 16.6. The summed E-state index contributed by atoms with van der Waals surface area (Å²) in [6.07, 6.45) is 0.488. The molecule has 3 N–H and O–H groups in total. The SMILES string of the molecule is N#Cc1cccc(-c2c(Cl)cc(Cc3nc(N)n[nH]3)cc2Cl)c1. The molecule has 0 unspecified atom stereocenters. The van der Waals surface area contributed by atoms with E-state index in [1.165, 1.54) is 0 Å². The van der Waals surface area contributed by atoms with Crippen LogP contribution in [-0.4, -0.2) is 15.2 Å². The van der Waals surface area contributed by atoms with Crippen molar-refractivity contribution in [1.29, 1.82) is 5.26 Å². The lowest BCUT2D eigenvalue weighted by Gasteiger charge is -2.10. The van der Waals surface area contributed by atoms with Gasteiger partial charge in [-0.05, 0) is 35.4 Å². The first kappa shape index (κ1) is 15.3. The fraction of sp³-hybridized carbons (Fsp3) is 0.0625. The van der Waals surface area contributed by atoms with Gasteiger partial charge in [-0.3, -0.25) is 5.10 Å². The highest BCUT2D eigenvalue weighted by atomic mass is 35.5. The maximum Gasteiger partial charge on any atom is 0.239 e. The summed E-state index contributed by atoms with van der Waals surface area (Å²) in [5.74, 6) is 0.830. The van der Waals surface area contributed by atoms with Gasteiger partial charge in [0.25, 0.3) is 0 Å². The van der Waals surface area contributed by atoms with Crippen LogP contribution >= 0.6 is 23.2 Å². The van der Waals surface area contributed by atoms with Crippen molar-refractivity contribution in [1.82, 2.24) is 15.2 Å². The number of halogens is 2. The third-order valence-corrected chi connectivity index (χ3v) is 3.90. The van der Waals surface area contributed by atoms with E-state index in [0.717, 1.165) is 11.1 Å². The van der Waals surface area contributed by atoms with E-state index < -0.39 is 0 Å². The van der Waals surface area contributed by atoms with E-state index in [0.29, 0.717) is 33.4 Å². The normalized spacial score (nSPS) is 10.5. The maximum atomic E-state index is 9.02. The van der Waals surface area contributed by atoms with Crippen LogP contribution in [0.1, 0.15) is 17.0 Å². The molecule has 0 atom stereocenters. The van der Waals surface area contributed by atoms with Crippen LogP contribution < -0.4 is 5.73 Å². The summed E-state index contributed by atoms with van der Waals surface area (Å²) in [6, 6.07) is 12.9. The zero-order valence-electron chi connectivity index (χ0n) is 11.8. The number of hydrogen-bond donors (Lipinski definition) is 2. The fourth-order valence-electron chi connectivity index (χ4n) is 2.33. The van der Waals surface area contributed by atoms with Crippen LogP contribution in [0.2, 0.25) is 10.0 Å². The Hall–Kier alpha value is -2.55. The van der Waals surface area contributed by atoms with Gasteiger partial charge in [0.2, 0.25) is 5.95 Å². The van der Waals surface area contributed by atoms with Gasteiger partial charge in [0.1, 0.15) is 5.82 Å². The monoisotopic (exact) mass is 343 g/mol. The van der Waals surface area contributed by atoms with Gasteiger partial charge in [0, 0.05) is 12.0 Å². The van der Waals surface area contributed by atoms with Crippen LogP contribution in [0.4, 0.5) is 5.95 Å². The Bertz CT molecular complexity index is 888. The highest BCUT2D eigenvalue weighted by molar-refractivity contribution is 6.39. The number of hydrogen-bond acceptors (Lipinski definition) is 4. The lowest BCUT2D eigenvalue weighted by molar-refractivity contribution is 0.973. The second kappa shape index (κ2) is 6.29. The number of nitrogens with zero attached hydrogens (tertiary/aromatic N) is 3. The number of nitrogens with two attached hydrogens (primary N) is 1. The quantitative estimate of drug-likeness (QED) is 0.755. The molecule has 2 aromatic carbocycles. The fourth-order valence-corrected chi connectivity index (χ4v) is 3.08. The van der Waals surface area contributed by atoms with E-state index in [4.69, 9.17) is 34.2 Å². The summed E-state index contributed by atoms with van der Waals surface area (Å²) >= 11 is 12.8. The molecule has 0 saturated carbocycles. The molecule has 1 heterocycles. The van der Waals surface area contributed by atoms with Crippen molar-refractivity contribution < 1.29 is 0 Å². The molecule has 0 aliphatic heterocycles. The van der Waals surface area contributed by atoms with E-state index in [2.05, 4.69) is 21.3 Å². The van der Waals surface area contributed by atoms with E-state index in [1.54, 1.807) is 18.2 Å². The maximum absolute atomic E-state index is 9.02. The minimum absolute atomic E-state index is 0.196. The molecule has 0 aliphatic rings. The zero-order valence-corrected chi connectivity index (χ0v) is 13.4. The third kappa shape index (κ3) is 3.29. The first-order valence-corrected chi connectivity index (χ1v) is 7.47. The molecule has 23 heavy (non-hydrogen) atoms. The summed E-state index contributed by atoms with van der Waals surface area (Å²) in [5.41, 5.74) is 8.43. The number of nitriles is 1. The number of anilines is 1. The molecule has 1 aromatic heterocycles. The number of H-pyrrole nitrogens is 1. The lowest BCUT2D eigenvalue weighted by Crippen LogP contribution is -1.93. The van der Waals surface area contributed by atoms with E-state index in [1.807, 2.05) is 18.2 Å². The molecule has 0 spiro atoms. The van der Waals surface area contributed by atoms with Crippen LogP contribution in [0.25, 0.3) is 11.1 Å². The number of nitrogen functional groups attached to an aromatic ring is 1. The summed E-state index contributed by atoms with van der Waals surface area (Å²) in [7, 11) is 0. The van der Waals surface area contributed by atoms with E-state index in [-0.39, 0.29) is 5.95 Å². The molecule has 5 nitrogen and oxygen atoms in total. The van der Waals surface area contributed by atoms with Gasteiger partial charge in [-0.1, -0.05) is 35.3 Å². The third-order valence-electron chi connectivity index (χ3n) is 3.30. The van der Waals surface area contributed by atoms with Crippen molar-refractivity contribution in [2.75, 3.05) is 5.73 Å². The molecule has 0 saturated heterocycles. The molecule has 0 amide bonds. The molecular formula is C16H11Cl2N5. The average molecular weight is 344 g/mol. The summed E-state index contributed by atoms with van der Waals surface area (Å²) in [6.45, 7) is 0. The number of aromatic nitrogens is 3. The largest absolute Gasteiger partial charge is 0.367 e. The van der Waals surface area contributed by atoms with Crippen molar-refractivity contribution in [2.45, 2.75) is 6.42 Å². The Labute approximate surface area is 142 Å². The van der Waals surface area contributed by atoms with Gasteiger partial charge in [-0.25, -0.2) is 0 Å². The second-order valence-corrected chi connectivity index (χ2v) is 5.76. The molecule has 114 valence electrons. The predicted molar refractivity (Wildman–Crippen MR) is 90.2 cm³/mol. The molecule has 7 heteroatoms.